The second-order valence-electron chi connectivity index (χ2n) is 6.37. The molecule has 0 bridgehead atoms. The molecule has 1 amide bonds. The molecule has 1 N–H and O–H groups in total. The molecule has 0 saturated carbocycles. The van der Waals surface area contributed by atoms with Crippen molar-refractivity contribution >= 4 is 34.8 Å². The lowest BCUT2D eigenvalue weighted by Crippen LogP contribution is -2.03. The van der Waals surface area contributed by atoms with Crippen LogP contribution in [0, 0.1) is 11.3 Å². The molecule has 0 fully saturated rings. The van der Waals surface area contributed by atoms with E-state index in [4.69, 9.17) is 21.6 Å². The molecule has 0 spiro atoms. The van der Waals surface area contributed by atoms with E-state index in [1.54, 1.807) is 30.3 Å². The Morgan fingerprint density at radius 2 is 1.89 bits per heavy atom. The van der Waals surface area contributed by atoms with Crippen LogP contribution in [0.5, 0.6) is 5.75 Å². The van der Waals surface area contributed by atoms with Crippen LogP contribution in [-0.2, 0) is 11.4 Å². The number of fused-ring (bicyclic) bond motifs is 1. The SMILES string of the molecule is N#Cc1cccc(COc2ccc(/C=C3\C(=O)Nc4ccc(Cl)cc43)cc2)c1. The molecule has 0 unspecified atom stereocenters. The van der Waals surface area contributed by atoms with Gasteiger partial charge in [0.05, 0.1) is 11.6 Å². The Labute approximate surface area is 167 Å². The Balaban J connectivity index is 1.50. The third-order valence-corrected chi connectivity index (χ3v) is 4.65. The average Bonchev–Trinajstić information content (AvgIpc) is 3.02. The maximum Gasteiger partial charge on any atom is 0.256 e. The number of nitrogens with zero attached hydrogens (tertiary/aromatic N) is 1. The van der Waals surface area contributed by atoms with Crippen LogP contribution >= 0.6 is 11.6 Å². The van der Waals surface area contributed by atoms with Crippen LogP contribution in [0.4, 0.5) is 5.69 Å². The fourth-order valence-corrected chi connectivity index (χ4v) is 3.20. The predicted molar refractivity (Wildman–Crippen MR) is 110 cm³/mol. The fraction of sp³-hybridized carbons (Fsp3) is 0.0435. The van der Waals surface area contributed by atoms with Crippen molar-refractivity contribution in [2.24, 2.45) is 0 Å². The molecule has 4 nitrogen and oxygen atoms in total. The molecule has 3 aromatic rings. The maximum atomic E-state index is 12.3. The minimum atomic E-state index is -0.144. The summed E-state index contributed by atoms with van der Waals surface area (Å²) in [5.41, 5.74) is 4.58. The van der Waals surface area contributed by atoms with Gasteiger partial charge in [0, 0.05) is 21.8 Å². The number of hydrogen-bond donors (Lipinski definition) is 1. The summed E-state index contributed by atoms with van der Waals surface area (Å²) in [6, 6.07) is 22.3. The first-order valence-corrected chi connectivity index (χ1v) is 9.05. The van der Waals surface area contributed by atoms with E-state index in [-0.39, 0.29) is 5.91 Å². The number of carbonyl (C=O) groups excluding carboxylic acids is 1. The van der Waals surface area contributed by atoms with Gasteiger partial charge in [-0.1, -0.05) is 35.9 Å². The normalized spacial score (nSPS) is 13.7. The molecule has 28 heavy (non-hydrogen) atoms. The van der Waals surface area contributed by atoms with Gasteiger partial charge < -0.3 is 10.1 Å². The first-order valence-electron chi connectivity index (χ1n) is 8.67. The zero-order valence-corrected chi connectivity index (χ0v) is 15.5. The number of carbonyl (C=O) groups is 1. The standard InChI is InChI=1S/C23H15ClN2O2/c24-18-6-9-22-20(12-18)21(23(27)26-22)11-15-4-7-19(8-5-15)28-14-17-3-1-2-16(10-17)13-25/h1-12H,14H2,(H,26,27)/b21-11-. The number of rotatable bonds is 4. The molecule has 1 aliphatic rings. The highest BCUT2D eigenvalue weighted by Gasteiger charge is 2.24. The molecular formula is C23H15ClN2O2. The van der Waals surface area contributed by atoms with Crippen molar-refractivity contribution < 1.29 is 9.53 Å². The molecule has 5 heteroatoms. The molecule has 3 aromatic carbocycles. The second kappa shape index (κ2) is 7.59. The first-order chi connectivity index (χ1) is 13.6. The molecule has 0 radical (unpaired) electrons. The summed E-state index contributed by atoms with van der Waals surface area (Å²) in [5.74, 6) is 0.568. The Kier molecular flexibility index (Phi) is 4.84. The minimum Gasteiger partial charge on any atom is -0.489 e. The lowest BCUT2D eigenvalue weighted by Gasteiger charge is -2.07. The topological polar surface area (TPSA) is 62.1 Å². The predicted octanol–water partition coefficient (Wildman–Crippen LogP) is 5.28. The minimum absolute atomic E-state index is 0.144. The third kappa shape index (κ3) is 3.75. The van der Waals surface area contributed by atoms with E-state index in [1.165, 1.54) is 0 Å². The fourth-order valence-electron chi connectivity index (χ4n) is 3.03. The molecule has 0 aromatic heterocycles. The molecule has 0 saturated heterocycles. The average molecular weight is 387 g/mol. The van der Waals surface area contributed by atoms with Crippen molar-refractivity contribution in [1.82, 2.24) is 0 Å². The zero-order valence-electron chi connectivity index (χ0n) is 14.8. The van der Waals surface area contributed by atoms with Gasteiger partial charge in [-0.2, -0.15) is 5.26 Å². The largest absolute Gasteiger partial charge is 0.489 e. The summed E-state index contributed by atoms with van der Waals surface area (Å²) in [7, 11) is 0. The number of benzene rings is 3. The van der Waals surface area contributed by atoms with E-state index < -0.39 is 0 Å². The van der Waals surface area contributed by atoms with Gasteiger partial charge in [-0.3, -0.25) is 4.79 Å². The van der Waals surface area contributed by atoms with E-state index in [1.807, 2.05) is 42.5 Å². The van der Waals surface area contributed by atoms with E-state index >= 15 is 0 Å². The summed E-state index contributed by atoms with van der Waals surface area (Å²) in [6.45, 7) is 0.379. The van der Waals surface area contributed by atoms with Crippen LogP contribution in [0.1, 0.15) is 22.3 Å². The Hall–Kier alpha value is -3.55. The lowest BCUT2D eigenvalue weighted by molar-refractivity contribution is -0.110. The highest BCUT2D eigenvalue weighted by Crippen LogP contribution is 2.35. The van der Waals surface area contributed by atoms with Crippen LogP contribution in [-0.4, -0.2) is 5.91 Å². The van der Waals surface area contributed by atoms with Crippen molar-refractivity contribution in [3.8, 4) is 11.8 Å². The summed E-state index contributed by atoms with van der Waals surface area (Å²) < 4.78 is 5.78. The van der Waals surface area contributed by atoms with E-state index in [0.717, 1.165) is 22.4 Å². The van der Waals surface area contributed by atoms with Gasteiger partial charge in [0.15, 0.2) is 0 Å². The van der Waals surface area contributed by atoms with Crippen molar-refractivity contribution in [2.75, 3.05) is 5.32 Å². The van der Waals surface area contributed by atoms with Crippen LogP contribution < -0.4 is 10.1 Å². The monoisotopic (exact) mass is 386 g/mol. The molecule has 136 valence electrons. The van der Waals surface area contributed by atoms with Gasteiger partial charge >= 0.3 is 0 Å². The van der Waals surface area contributed by atoms with Gasteiger partial charge in [-0.25, -0.2) is 0 Å². The Morgan fingerprint density at radius 1 is 1.07 bits per heavy atom. The maximum absolute atomic E-state index is 12.3. The molecule has 0 atom stereocenters. The van der Waals surface area contributed by atoms with Crippen LogP contribution in [0.15, 0.2) is 66.7 Å². The summed E-state index contributed by atoms with van der Waals surface area (Å²) in [6.07, 6.45) is 1.83. The Bertz CT molecular complexity index is 1130. The summed E-state index contributed by atoms with van der Waals surface area (Å²) in [5, 5.41) is 12.4. The number of nitriles is 1. The molecule has 1 aliphatic heterocycles. The van der Waals surface area contributed by atoms with E-state index in [2.05, 4.69) is 11.4 Å². The van der Waals surface area contributed by atoms with Crippen molar-refractivity contribution in [2.45, 2.75) is 6.61 Å². The highest BCUT2D eigenvalue weighted by molar-refractivity contribution is 6.36. The zero-order chi connectivity index (χ0) is 19.5. The number of ether oxygens (including phenoxy) is 1. The molecular weight excluding hydrogens is 372 g/mol. The molecule has 0 aliphatic carbocycles. The quantitative estimate of drug-likeness (QED) is 0.620. The van der Waals surface area contributed by atoms with Gasteiger partial charge in [0.1, 0.15) is 12.4 Å². The van der Waals surface area contributed by atoms with Crippen molar-refractivity contribution in [3.05, 3.63) is 94.0 Å². The van der Waals surface area contributed by atoms with Gasteiger partial charge in [0.25, 0.3) is 5.91 Å². The van der Waals surface area contributed by atoms with Gasteiger partial charge in [-0.15, -0.1) is 0 Å². The van der Waals surface area contributed by atoms with Crippen LogP contribution in [0.25, 0.3) is 11.6 Å². The van der Waals surface area contributed by atoms with Crippen LogP contribution in [0.2, 0.25) is 5.02 Å². The number of nitrogens with one attached hydrogen (secondary N) is 1. The van der Waals surface area contributed by atoms with E-state index in [9.17, 15) is 4.79 Å². The Morgan fingerprint density at radius 3 is 2.68 bits per heavy atom. The van der Waals surface area contributed by atoms with Crippen LogP contribution in [0.3, 0.4) is 0 Å². The van der Waals surface area contributed by atoms with Gasteiger partial charge in [0.2, 0.25) is 0 Å². The number of hydrogen-bond acceptors (Lipinski definition) is 3. The molecule has 1 heterocycles. The van der Waals surface area contributed by atoms with Crippen molar-refractivity contribution in [1.29, 1.82) is 5.26 Å². The third-order valence-electron chi connectivity index (χ3n) is 4.42. The number of halogens is 1. The van der Waals surface area contributed by atoms with Crippen molar-refractivity contribution in [3.63, 3.8) is 0 Å². The summed E-state index contributed by atoms with van der Waals surface area (Å²) in [4.78, 5) is 12.3. The first kappa shape index (κ1) is 17.8. The number of anilines is 1. The smallest absolute Gasteiger partial charge is 0.256 e. The molecule has 4 rings (SSSR count). The van der Waals surface area contributed by atoms with E-state index in [0.29, 0.717) is 28.5 Å². The lowest BCUT2D eigenvalue weighted by atomic mass is 10.0. The highest BCUT2D eigenvalue weighted by atomic mass is 35.5. The second-order valence-corrected chi connectivity index (χ2v) is 6.81. The number of amides is 1. The van der Waals surface area contributed by atoms with Gasteiger partial charge in [-0.05, 0) is 59.7 Å². The summed E-state index contributed by atoms with van der Waals surface area (Å²) >= 11 is 6.06.